The van der Waals surface area contributed by atoms with Crippen LogP contribution >= 0.6 is 66.0 Å². The van der Waals surface area contributed by atoms with Crippen molar-refractivity contribution in [2.75, 3.05) is 18.9 Å². The van der Waals surface area contributed by atoms with Gasteiger partial charge in [0.25, 0.3) is 0 Å². The normalized spacial score (nSPS) is 10.9. The van der Waals surface area contributed by atoms with Gasteiger partial charge in [-0.2, -0.15) is 0 Å². The Hall–Kier alpha value is -9.97. The van der Waals surface area contributed by atoms with E-state index in [4.69, 9.17) is 63.1 Å². The Bertz CT molecular complexity index is 6350. The number of imidazole rings is 5. The summed E-state index contributed by atoms with van der Waals surface area (Å²) in [4.78, 5) is 70.8. The Labute approximate surface area is 896 Å². The molecule has 5 atom stereocenters. The number of rotatable bonds is 16. The van der Waals surface area contributed by atoms with Gasteiger partial charge in [-0.25, -0.2) is 24.9 Å². The van der Waals surface area contributed by atoms with E-state index >= 15 is 0 Å². The summed E-state index contributed by atoms with van der Waals surface area (Å²) in [7, 11) is 24.5. The Morgan fingerprint density at radius 1 is 0.451 bits per heavy atom. The van der Waals surface area contributed by atoms with Crippen LogP contribution in [0.15, 0.2) is 292 Å². The van der Waals surface area contributed by atoms with Gasteiger partial charge in [0.2, 0.25) is 0 Å². The summed E-state index contributed by atoms with van der Waals surface area (Å²) in [5.41, 5.74) is 27.6. The topological polar surface area (TPSA) is 428 Å². The zero-order valence-corrected chi connectivity index (χ0v) is 88.2. The smallest absolute Gasteiger partial charge is 0.870 e. The second kappa shape index (κ2) is 74.9. The van der Waals surface area contributed by atoms with Crippen LogP contribution in [0.25, 0.3) is 65.4 Å². The number of nitrogens with two attached hydrogens (primary N) is 1. The second-order valence-electron chi connectivity index (χ2n) is 30.0. The van der Waals surface area contributed by atoms with E-state index in [1.807, 2.05) is 130 Å². The zero-order valence-electron chi connectivity index (χ0n) is 78.2. The number of aromatic nitrogens is 16. The molecule has 142 heavy (non-hydrogen) atoms. The number of aryl methyl sites for hydroxylation is 3. The fraction of sp³-hybridized carbons (Fsp3) is 0.283. The maximum absolute atomic E-state index is 9.47. The van der Waals surface area contributed by atoms with Crippen molar-refractivity contribution in [3.8, 4) is 0 Å². The first-order valence-electron chi connectivity index (χ1n) is 42.8. The molecule has 0 aliphatic carbocycles. The van der Waals surface area contributed by atoms with Crippen molar-refractivity contribution >= 4 is 160 Å². The van der Waals surface area contributed by atoms with E-state index in [1.165, 1.54) is 49.4 Å². The SMILES string of the molecule is C.C.C.C.C.C.C=O.CC(Br)c1cccc2cccnc12.CC(c1cnc[nH]1)c1cccc2cccnc12.CC(c1nc(CO)[nH]c1CO)c1cccc2cccnc12.CC(c1nc[nH]c1CO)c1cccc2cccnc12.CCc1cccc2cccnc12.CCc1ccccc1N.C[Si](C)C.Cc1[nH]cnc1C(C)c1cccc2cccnc12.OCC(O)CO.[B]=NS.[Cl][Ti]([Cl])([Cl])[Cl].[Na+].[OH-].c1c[nH]cn1. The summed E-state index contributed by atoms with van der Waals surface area (Å²) in [5, 5.41) is 59.0. The monoisotopic (exact) mass is 2150 g/mol. The summed E-state index contributed by atoms with van der Waals surface area (Å²) in [6, 6.07) is 69.5. The van der Waals surface area contributed by atoms with Gasteiger partial charge < -0.3 is 71.6 Å². The summed E-state index contributed by atoms with van der Waals surface area (Å²) in [5.74, 6) is 1.05. The Kier molecular flexibility index (Phi) is 71.8. The van der Waals surface area contributed by atoms with Crippen LogP contribution in [0.4, 0.5) is 5.69 Å². The van der Waals surface area contributed by atoms with Crippen molar-refractivity contribution in [1.82, 2.24) is 79.7 Å². The number of nitrogens with one attached hydrogen (secondary N) is 5. The third-order valence-corrected chi connectivity index (χ3v) is 20.6. The third kappa shape index (κ3) is 44.3. The van der Waals surface area contributed by atoms with Gasteiger partial charge in [-0.3, -0.25) is 29.9 Å². The van der Waals surface area contributed by atoms with E-state index in [1.54, 1.807) is 50.1 Å². The maximum atomic E-state index is 9.47. The quantitative estimate of drug-likeness (QED) is 0.0185. The maximum Gasteiger partial charge on any atom is 1.00 e. The molecule has 7 aromatic carbocycles. The predicted octanol–water partition coefficient (Wildman–Crippen LogP) is 23.1. The van der Waals surface area contributed by atoms with Gasteiger partial charge in [0, 0.05) is 142 Å². The van der Waals surface area contributed by atoms with Crippen LogP contribution in [0.3, 0.4) is 0 Å². The first-order valence-corrected chi connectivity index (χ1v) is 55.7. The molecular weight excluding hydrogens is 2020 g/mol. The number of aliphatic hydroxyl groups excluding tert-OH is 6. The number of hydrogen-bond donors (Lipinski definition) is 13. The molecular formula is C106H141BBrCl4N18NaO8SSiTi. The van der Waals surface area contributed by atoms with E-state index in [0.29, 0.717) is 16.3 Å². The number of para-hydroxylation sites is 7. The molecule has 18 rings (SSSR count). The fourth-order valence-electron chi connectivity index (χ4n) is 13.7. The van der Waals surface area contributed by atoms with E-state index in [2.05, 4.69) is 310 Å². The fourth-order valence-corrected chi connectivity index (χ4v) is 14.1. The number of anilines is 1. The molecule has 11 heterocycles. The van der Waals surface area contributed by atoms with Crippen LogP contribution in [0.2, 0.25) is 19.6 Å². The standard InChI is InChI=1S/C16H17N3O2.C15H15N3O.C15H15N3.C14H13N3.C11H10BrN.C11H11N.C8H11N.C3H4N2.C3H8O3.C3H9Si.CH2O.6CH4.BHNS.4ClH.Na.H2O.Ti/c1-10(15-13(8-20)18-14(9-21)19-15)12-6-2-4-11-5-3-7-17-16(11)12;1-10(14-13(8-19)17-9-18-14)12-6-2-4-11-5-3-7-16-15(11)12;1-10(14-11(2)17-9-18-14)13-7-3-5-12-6-4-8-16-15(12)13;1-10(13-8-15-9-17-13)12-6-2-4-11-5-3-7-16-14(11)12;1-8(12)10-6-2-4-9-5-3-7-13-11(9)10;1-2-9-5-3-6-10-7-4-8-12-11(9)10;1-2-7-5-3-4-6-8(7)9;1-2-5-3-4-1;4-1-3(6)2-5;1-4(2)3;1-2;;;;;;;1-2-3;;;;;;;/h2-7,10,20-21H,8-9H2,1H3,(H,18,19);2-7,9-10,19H,8H2,1H3,(H,17,18);3-10H,1-2H3,(H,17,18);2-10H,1H3,(H,15,17);2-8H,1H3;3-8H,2H2,1H3;3-6H,2,9H2,1H3;1-3H,(H,4,5);3-6H,1-2H2;1-3H3;1H2;6*1H4;3H;4*1H;;1H2;/q;;;;;;;;;;;;;;;;;;;;;;+1;;+4/p-5. The van der Waals surface area contributed by atoms with Crippen molar-refractivity contribution in [2.24, 2.45) is 4.30 Å². The average Bonchev–Trinajstić information content (AvgIpc) is 1.63. The molecule has 2 radical (unpaired) electrons. The number of aliphatic hydroxyl groups is 6. The third-order valence-electron chi connectivity index (χ3n) is 20.1. The largest absolute Gasteiger partial charge is 1.00 e. The number of H-pyrrole nitrogens is 5. The molecule has 5 unspecified atom stereocenters. The van der Waals surface area contributed by atoms with Crippen LogP contribution in [0, 0.1) is 6.92 Å². The van der Waals surface area contributed by atoms with Crippen LogP contribution in [-0.2, 0) is 49.8 Å². The molecule has 26 nitrogen and oxygen atoms in total. The van der Waals surface area contributed by atoms with Crippen molar-refractivity contribution in [2.45, 2.75) is 187 Å². The molecule has 0 fully saturated rings. The number of hydrogen-bond acceptors (Lipinski definition) is 22. The van der Waals surface area contributed by atoms with Gasteiger partial charge in [-0.15, -0.1) is 0 Å². The van der Waals surface area contributed by atoms with E-state index < -0.39 is 18.4 Å². The molecule has 0 saturated heterocycles. The van der Waals surface area contributed by atoms with Gasteiger partial charge in [0.1, 0.15) is 25.3 Å². The Morgan fingerprint density at radius 3 is 1.11 bits per heavy atom. The number of nitrogen functional groups attached to an aromatic ring is 1. The molecule has 0 aliphatic heterocycles. The van der Waals surface area contributed by atoms with Gasteiger partial charge in [-0.05, 0) is 108 Å². The van der Waals surface area contributed by atoms with E-state index in [-0.39, 0.29) is 145 Å². The van der Waals surface area contributed by atoms with Crippen molar-refractivity contribution in [3.63, 3.8) is 0 Å². The number of pyridine rings is 6. The molecule has 0 saturated carbocycles. The van der Waals surface area contributed by atoms with E-state index in [9.17, 15) is 15.3 Å². The minimum absolute atomic E-state index is 0. The van der Waals surface area contributed by atoms with Crippen LogP contribution < -0.4 is 35.3 Å². The molecule has 0 bridgehead atoms. The number of carbonyl (C=O) groups excluding carboxylic acids is 1. The van der Waals surface area contributed by atoms with Crippen molar-refractivity contribution < 1.29 is 82.8 Å². The minimum atomic E-state index is -3.11. The van der Waals surface area contributed by atoms with Gasteiger partial charge in [0.05, 0.1) is 113 Å². The molecule has 14 N–H and O–H groups in total. The Balaban J connectivity index is -0.00000152. The van der Waals surface area contributed by atoms with Crippen molar-refractivity contribution in [1.29, 1.82) is 0 Å². The van der Waals surface area contributed by atoms with Gasteiger partial charge in [0.15, 0.2) is 0 Å². The zero-order chi connectivity index (χ0) is 97.9. The first kappa shape index (κ1) is 136. The average molecular weight is 2160 g/mol. The molecule has 756 valence electrons. The second-order valence-corrected chi connectivity index (χ2v) is 50.1. The number of carbonyl (C=O) groups is 1. The minimum Gasteiger partial charge on any atom is -0.870 e. The van der Waals surface area contributed by atoms with Crippen LogP contribution in [0.5, 0.6) is 0 Å². The van der Waals surface area contributed by atoms with E-state index in [0.717, 1.165) is 108 Å². The molecule has 0 spiro atoms. The first-order chi connectivity index (χ1) is 64.7. The van der Waals surface area contributed by atoms with Crippen LogP contribution in [-0.4, -0.2) is 158 Å². The molecule has 18 aromatic rings. The molecule has 0 aliphatic rings. The number of alkyl halides is 1. The van der Waals surface area contributed by atoms with Crippen molar-refractivity contribution in [3.05, 3.63) is 372 Å². The number of benzene rings is 7. The number of nitrogens with zero attached hydrogens (tertiary/aromatic N) is 12. The van der Waals surface area contributed by atoms with Gasteiger partial charge >= 0.3 is 104 Å². The molecule has 11 aromatic heterocycles. The summed E-state index contributed by atoms with van der Waals surface area (Å²) >= 11 is 3.64. The molecule has 36 heteroatoms. The number of halogens is 5. The van der Waals surface area contributed by atoms with Gasteiger partial charge in [-0.1, -0.05) is 285 Å². The summed E-state index contributed by atoms with van der Waals surface area (Å²) < 4.78 is 2.69. The predicted molar refractivity (Wildman–Crippen MR) is 596 cm³/mol. The Morgan fingerprint density at radius 2 is 0.789 bits per heavy atom. The van der Waals surface area contributed by atoms with Crippen LogP contribution in [0.1, 0.15) is 206 Å². The summed E-state index contributed by atoms with van der Waals surface area (Å²) in [6.07, 6.45) is 24.1. The summed E-state index contributed by atoms with van der Waals surface area (Å²) in [6.45, 7) is 24.6. The number of fused-ring (bicyclic) bond motifs is 6. The number of aromatic amines is 5. The molecule has 0 amide bonds. The number of thiol groups is 1.